The highest BCUT2D eigenvalue weighted by molar-refractivity contribution is 7.92. The number of hydrogen-bond acceptors (Lipinski definition) is 8. The van der Waals surface area contributed by atoms with Crippen molar-refractivity contribution in [3.8, 4) is 11.3 Å². The molecule has 0 saturated carbocycles. The van der Waals surface area contributed by atoms with Gasteiger partial charge in [0.15, 0.2) is 5.76 Å². The number of nitrogens with one attached hydrogen (secondary N) is 1. The quantitative estimate of drug-likeness (QED) is 0.288. The number of nitrogens with two attached hydrogens (primary N) is 1. The summed E-state index contributed by atoms with van der Waals surface area (Å²) in [5.41, 5.74) is 8.31. The van der Waals surface area contributed by atoms with Gasteiger partial charge in [-0.2, -0.15) is 5.12 Å². The van der Waals surface area contributed by atoms with Gasteiger partial charge in [-0.3, -0.25) is 18.8 Å². The monoisotopic (exact) mass is 659 g/mol. The second-order valence-corrected chi connectivity index (χ2v) is 13.2. The molecule has 1 aromatic heterocycles. The maximum absolute atomic E-state index is 17.0. The number of primary amides is 1. The smallest absolute Gasteiger partial charge is 0.280 e. The Kier molecular flexibility index (Phi) is 6.86. The largest absolute Gasteiger partial charge is 0.458 e. The lowest BCUT2D eigenvalue weighted by atomic mass is 9.99. The number of amides is 2. The molecule has 0 spiro atoms. The summed E-state index contributed by atoms with van der Waals surface area (Å²) in [4.78, 5) is 27.3. The normalized spacial score (nSPS) is 17.0. The summed E-state index contributed by atoms with van der Waals surface area (Å²) in [6.45, 7) is 0. The molecular weight excluding hydrogens is 632 g/mol. The molecule has 4 heterocycles. The van der Waals surface area contributed by atoms with Gasteiger partial charge in [-0.05, 0) is 54.1 Å². The van der Waals surface area contributed by atoms with Crippen molar-refractivity contribution in [1.82, 2.24) is 10.4 Å². The van der Waals surface area contributed by atoms with Crippen molar-refractivity contribution in [3.05, 3.63) is 112 Å². The van der Waals surface area contributed by atoms with Crippen LogP contribution in [0.15, 0.2) is 94.4 Å². The van der Waals surface area contributed by atoms with Gasteiger partial charge in [0.2, 0.25) is 10.0 Å². The van der Waals surface area contributed by atoms with Gasteiger partial charge in [-0.1, -0.05) is 22.7 Å². The van der Waals surface area contributed by atoms with E-state index in [2.05, 4.69) is 5.32 Å². The van der Waals surface area contributed by atoms with Crippen LogP contribution in [-0.2, 0) is 26.0 Å². The number of anilines is 2. The number of carbonyl (C=O) groups excluding carboxylic acids is 2. The van der Waals surface area contributed by atoms with Crippen molar-refractivity contribution in [3.63, 3.8) is 0 Å². The Bertz CT molecular complexity index is 2230. The second-order valence-electron chi connectivity index (χ2n) is 11.2. The summed E-state index contributed by atoms with van der Waals surface area (Å²) in [7, 11) is -1.14. The fourth-order valence-electron chi connectivity index (χ4n) is 6.12. The zero-order chi connectivity index (χ0) is 33.4. The summed E-state index contributed by atoms with van der Waals surface area (Å²) in [5, 5.41) is 3.22. The predicted octanol–water partition coefficient (Wildman–Crippen LogP) is 4.54. The number of halogens is 2. The predicted molar refractivity (Wildman–Crippen MR) is 171 cm³/mol. The first-order valence-electron chi connectivity index (χ1n) is 14.4. The van der Waals surface area contributed by atoms with Gasteiger partial charge in [0.25, 0.3) is 18.0 Å². The van der Waals surface area contributed by atoms with Crippen molar-refractivity contribution in [2.45, 2.75) is 12.6 Å². The van der Waals surface area contributed by atoms with Crippen LogP contribution >= 0.6 is 0 Å². The van der Waals surface area contributed by atoms with E-state index in [1.807, 2.05) is 12.1 Å². The van der Waals surface area contributed by atoms with E-state index < -0.39 is 33.9 Å². The SMILES string of the molecule is CNC(=O)c1c(-c2ccc(F)cc2)oc2cc(N(C)S(C)(=O)=O)c(C3=CC=C4OC(C(N)=O)N5C(=C4N3F)Cc3ccccc35)cc12. The van der Waals surface area contributed by atoms with Crippen LogP contribution in [-0.4, -0.2) is 51.9 Å². The molecule has 0 saturated heterocycles. The minimum absolute atomic E-state index is 0.00924. The van der Waals surface area contributed by atoms with Crippen molar-refractivity contribution in [2.24, 2.45) is 5.73 Å². The highest BCUT2D eigenvalue weighted by Crippen LogP contribution is 2.48. The molecule has 0 radical (unpaired) electrons. The lowest BCUT2D eigenvalue weighted by Crippen LogP contribution is -2.49. The molecule has 3 aromatic carbocycles. The van der Waals surface area contributed by atoms with Gasteiger partial charge < -0.3 is 20.2 Å². The summed E-state index contributed by atoms with van der Waals surface area (Å²) in [6.07, 6.45) is 2.91. The molecule has 3 N–H and O–H groups in total. The number of carbonyl (C=O) groups is 2. The highest BCUT2D eigenvalue weighted by Gasteiger charge is 2.45. The Morgan fingerprint density at radius 2 is 1.81 bits per heavy atom. The van der Waals surface area contributed by atoms with E-state index in [1.165, 1.54) is 62.6 Å². The molecule has 0 aliphatic carbocycles. The third-order valence-corrected chi connectivity index (χ3v) is 9.59. The zero-order valence-corrected chi connectivity index (χ0v) is 26.1. The first-order chi connectivity index (χ1) is 22.4. The van der Waals surface area contributed by atoms with Crippen LogP contribution < -0.4 is 20.3 Å². The number of fused-ring (bicyclic) bond motifs is 5. The Hall–Kier alpha value is -5.63. The number of rotatable bonds is 6. The van der Waals surface area contributed by atoms with E-state index in [1.54, 1.807) is 17.0 Å². The van der Waals surface area contributed by atoms with Gasteiger partial charge in [0, 0.05) is 48.8 Å². The molecule has 2 amide bonds. The van der Waals surface area contributed by atoms with E-state index >= 15 is 4.48 Å². The number of ether oxygens (including phenoxy) is 1. The van der Waals surface area contributed by atoms with Crippen LogP contribution in [0.25, 0.3) is 28.0 Å². The van der Waals surface area contributed by atoms with Gasteiger partial charge in [0.1, 0.15) is 22.9 Å². The standard InChI is InChI=1S/C33H27F2N5O6S/c1-37-32(42)28-21-15-20(24(38(2)47(3,43)44)16-27(21)45-30(28)17-8-10-19(34)11-9-17)23-12-13-26-29(40(23)35)25-14-18-6-4-5-7-22(18)39(25)33(46-26)31(36)41/h4-13,15-16,33H,14H2,1-3H3,(H2,36,41)(H,37,42). The van der Waals surface area contributed by atoms with Gasteiger partial charge in [0.05, 0.1) is 28.9 Å². The molecule has 14 heteroatoms. The molecule has 11 nitrogen and oxygen atoms in total. The van der Waals surface area contributed by atoms with Gasteiger partial charge >= 0.3 is 0 Å². The maximum atomic E-state index is 17.0. The number of furan rings is 1. The molecule has 3 aliphatic rings. The van der Waals surface area contributed by atoms with Gasteiger partial charge in [-0.15, -0.1) is 0 Å². The van der Waals surface area contributed by atoms with E-state index in [0.717, 1.165) is 16.1 Å². The Balaban J connectivity index is 1.47. The molecule has 4 aromatic rings. The topological polar surface area (TPSA) is 138 Å². The molecule has 1 atom stereocenters. The molecule has 3 aliphatic heterocycles. The Morgan fingerprint density at radius 3 is 2.49 bits per heavy atom. The number of nitrogens with zero attached hydrogens (tertiary/aromatic N) is 3. The second kappa shape index (κ2) is 10.7. The van der Waals surface area contributed by atoms with E-state index in [0.29, 0.717) is 22.1 Å². The minimum Gasteiger partial charge on any atom is -0.458 e. The number of para-hydroxylation sites is 1. The number of allylic oxidation sites excluding steroid dienone is 3. The lowest BCUT2D eigenvalue weighted by molar-refractivity contribution is -0.127. The van der Waals surface area contributed by atoms with Crippen LogP contribution in [0.2, 0.25) is 0 Å². The Labute approximate surface area is 267 Å². The third-order valence-electron chi connectivity index (χ3n) is 8.40. The average Bonchev–Trinajstić information content (AvgIpc) is 3.61. The van der Waals surface area contributed by atoms with Crippen LogP contribution in [0.1, 0.15) is 21.5 Å². The number of benzene rings is 3. The fourth-order valence-corrected chi connectivity index (χ4v) is 6.63. The molecule has 1 unspecified atom stereocenters. The molecule has 240 valence electrons. The highest BCUT2D eigenvalue weighted by atomic mass is 32.2. The summed E-state index contributed by atoms with van der Waals surface area (Å²) in [6, 6.07) is 15.5. The van der Waals surface area contributed by atoms with Crippen LogP contribution in [0, 0.1) is 5.82 Å². The molecule has 47 heavy (non-hydrogen) atoms. The zero-order valence-electron chi connectivity index (χ0n) is 25.2. The average molecular weight is 660 g/mol. The van der Waals surface area contributed by atoms with Crippen LogP contribution in [0.3, 0.4) is 0 Å². The van der Waals surface area contributed by atoms with Crippen molar-refractivity contribution < 1.29 is 36.0 Å². The summed E-state index contributed by atoms with van der Waals surface area (Å²) >= 11 is 0. The first-order valence-corrected chi connectivity index (χ1v) is 16.2. The number of hydrogen-bond donors (Lipinski definition) is 2. The van der Waals surface area contributed by atoms with Crippen molar-refractivity contribution in [1.29, 1.82) is 0 Å². The third kappa shape index (κ3) is 4.71. The Morgan fingerprint density at radius 1 is 1.09 bits per heavy atom. The maximum Gasteiger partial charge on any atom is 0.280 e. The summed E-state index contributed by atoms with van der Waals surface area (Å²) < 4.78 is 69.4. The van der Waals surface area contributed by atoms with Crippen LogP contribution in [0.4, 0.5) is 20.2 Å². The fraction of sp³-hybridized carbons (Fsp3) is 0.152. The van der Waals surface area contributed by atoms with E-state index in [-0.39, 0.29) is 57.1 Å². The first kappa shape index (κ1) is 30.0. The van der Waals surface area contributed by atoms with Crippen LogP contribution in [0.5, 0.6) is 0 Å². The van der Waals surface area contributed by atoms with Crippen molar-refractivity contribution in [2.75, 3.05) is 29.6 Å². The van der Waals surface area contributed by atoms with Gasteiger partial charge in [-0.25, -0.2) is 12.8 Å². The molecular formula is C33H27F2N5O6S. The van der Waals surface area contributed by atoms with E-state index in [9.17, 15) is 22.4 Å². The summed E-state index contributed by atoms with van der Waals surface area (Å²) in [5.74, 6) is -1.60. The molecule has 7 rings (SSSR count). The van der Waals surface area contributed by atoms with E-state index in [4.69, 9.17) is 14.9 Å². The minimum atomic E-state index is -3.88. The number of sulfonamides is 1. The molecule has 0 fully saturated rings. The van der Waals surface area contributed by atoms with Crippen molar-refractivity contribution >= 4 is 49.9 Å². The lowest BCUT2D eigenvalue weighted by Gasteiger charge is -2.39. The molecule has 0 bridgehead atoms.